The van der Waals surface area contributed by atoms with Gasteiger partial charge in [0.15, 0.2) is 0 Å². The van der Waals surface area contributed by atoms with Crippen molar-refractivity contribution in [1.82, 2.24) is 4.90 Å². The SMILES string of the molecule is CC[C@@H]1/C=C(\C)C[C@H](C)C[C@H](OC)[C@H]2O[C@@](O)(C(=O)C(=O)N3CCCC[C@H]3C(=O)O[C@H](/C(C)=N/OCCO)[C@H](C)[C@@H](O)C[C@H]1OC[SiH](C)C(C)(C)C)[C@H](C)C[C@@H]2OC. The molecule has 0 aromatic rings. The largest absolute Gasteiger partial charge is 0.454 e. The summed E-state index contributed by atoms with van der Waals surface area (Å²) in [6, 6.07) is -1.15. The van der Waals surface area contributed by atoms with Crippen LogP contribution in [0, 0.1) is 23.7 Å². The van der Waals surface area contributed by atoms with E-state index in [1.165, 1.54) is 4.90 Å². The fourth-order valence-corrected chi connectivity index (χ4v) is 9.48. The zero-order valence-electron chi connectivity index (χ0n) is 37.4. The van der Waals surface area contributed by atoms with E-state index in [0.29, 0.717) is 25.5 Å². The summed E-state index contributed by atoms with van der Waals surface area (Å²) < 4.78 is 31.1. The molecule has 1 unspecified atom stereocenters. The Labute approximate surface area is 348 Å². The third-order valence-electron chi connectivity index (χ3n) is 12.9. The first-order chi connectivity index (χ1) is 27.2. The lowest BCUT2D eigenvalue weighted by Crippen LogP contribution is -2.64. The van der Waals surface area contributed by atoms with Gasteiger partial charge >= 0.3 is 5.97 Å². The van der Waals surface area contributed by atoms with Crippen molar-refractivity contribution in [1.29, 1.82) is 0 Å². The summed E-state index contributed by atoms with van der Waals surface area (Å²) in [5, 5.41) is 37.7. The Morgan fingerprint density at radius 3 is 2.31 bits per heavy atom. The lowest BCUT2D eigenvalue weighted by atomic mass is 9.82. The van der Waals surface area contributed by atoms with E-state index < -0.39 is 80.6 Å². The summed E-state index contributed by atoms with van der Waals surface area (Å²) in [5.74, 6) is -6.94. The maximum Gasteiger partial charge on any atom is 0.329 e. The number of amides is 1. The summed E-state index contributed by atoms with van der Waals surface area (Å²) in [6.07, 6.45) is 2.28. The number of hydrogen-bond acceptors (Lipinski definition) is 13. The lowest BCUT2D eigenvalue weighted by molar-refractivity contribution is -0.302. The fourth-order valence-electron chi connectivity index (χ4n) is 8.44. The number of esters is 1. The number of Topliss-reactive ketones (excluding diaryl/α,β-unsaturated/α-hetero) is 1. The van der Waals surface area contributed by atoms with Crippen molar-refractivity contribution in [2.45, 2.75) is 174 Å². The Bertz CT molecular complexity index is 1410. The quantitative estimate of drug-likeness (QED) is 0.0523. The number of rotatable bonds is 10. The van der Waals surface area contributed by atoms with E-state index in [9.17, 15) is 29.7 Å². The van der Waals surface area contributed by atoms with Gasteiger partial charge in [-0.2, -0.15) is 0 Å². The number of cyclic esters (lactones) is 1. The molecule has 1 amide bonds. The number of oxime groups is 1. The van der Waals surface area contributed by atoms with Gasteiger partial charge in [0.2, 0.25) is 5.79 Å². The van der Waals surface area contributed by atoms with Crippen molar-refractivity contribution in [3.05, 3.63) is 11.6 Å². The van der Waals surface area contributed by atoms with Gasteiger partial charge in [-0.15, -0.1) is 0 Å². The van der Waals surface area contributed by atoms with Gasteiger partial charge in [0, 0.05) is 51.2 Å². The second-order valence-electron chi connectivity index (χ2n) is 18.4. The van der Waals surface area contributed by atoms with Gasteiger partial charge in [-0.3, -0.25) is 9.59 Å². The summed E-state index contributed by atoms with van der Waals surface area (Å²) in [5.41, 5.74) is 1.40. The summed E-state index contributed by atoms with van der Waals surface area (Å²) >= 11 is 0. The molecule has 58 heavy (non-hydrogen) atoms. The summed E-state index contributed by atoms with van der Waals surface area (Å²) in [4.78, 5) is 49.1. The number of aliphatic hydroxyl groups is 3. The zero-order chi connectivity index (χ0) is 43.5. The van der Waals surface area contributed by atoms with E-state index >= 15 is 0 Å². The minimum absolute atomic E-state index is 0.0323. The van der Waals surface area contributed by atoms with Gasteiger partial charge in [-0.25, -0.2) is 4.79 Å². The van der Waals surface area contributed by atoms with Crippen LogP contribution in [0.25, 0.3) is 0 Å². The third kappa shape index (κ3) is 12.9. The van der Waals surface area contributed by atoms with E-state index in [0.717, 1.165) is 18.4 Å². The Balaban J connectivity index is 2.17. The first kappa shape index (κ1) is 50.1. The molecule has 3 N–H and O–H groups in total. The fraction of sp³-hybridized carbons (Fsp3) is 0.860. The zero-order valence-corrected chi connectivity index (χ0v) is 38.6. The second kappa shape index (κ2) is 22.6. The van der Waals surface area contributed by atoms with Crippen molar-refractivity contribution in [3.63, 3.8) is 0 Å². The Hall–Kier alpha value is -2.24. The molecule has 3 heterocycles. The number of carbonyl (C=O) groups is 3. The summed E-state index contributed by atoms with van der Waals surface area (Å²) in [7, 11) is 1.77. The summed E-state index contributed by atoms with van der Waals surface area (Å²) in [6.45, 7) is 20.1. The van der Waals surface area contributed by atoms with Gasteiger partial charge in [0.1, 0.15) is 24.9 Å². The molecule has 0 aliphatic carbocycles. The van der Waals surface area contributed by atoms with Gasteiger partial charge in [-0.05, 0) is 69.7 Å². The maximum absolute atomic E-state index is 14.2. The monoisotopic (exact) mass is 841 g/mol. The second-order valence-corrected chi connectivity index (χ2v) is 22.2. The number of fused-ring (bicyclic) bond motifs is 3. The number of carbonyl (C=O) groups excluding carboxylic acids is 3. The van der Waals surface area contributed by atoms with Gasteiger partial charge in [0.05, 0.1) is 45.5 Å². The Kier molecular flexibility index (Phi) is 19.5. The minimum Gasteiger partial charge on any atom is -0.454 e. The van der Waals surface area contributed by atoms with Crippen molar-refractivity contribution < 1.29 is 58.2 Å². The molecule has 3 aliphatic heterocycles. The number of aliphatic hydroxyl groups excluding tert-OH is 2. The number of ether oxygens (including phenoxy) is 5. The highest BCUT2D eigenvalue weighted by Gasteiger charge is 2.56. The maximum atomic E-state index is 14.2. The van der Waals surface area contributed by atoms with Crippen LogP contribution in [-0.4, -0.2) is 141 Å². The van der Waals surface area contributed by atoms with Crippen molar-refractivity contribution in [2.75, 3.05) is 40.2 Å². The van der Waals surface area contributed by atoms with E-state index in [4.69, 9.17) is 28.5 Å². The molecule has 2 bridgehead atoms. The number of piperidine rings is 1. The normalized spacial score (nSPS) is 37.2. The van der Waals surface area contributed by atoms with Crippen LogP contribution < -0.4 is 0 Å². The van der Waals surface area contributed by atoms with E-state index in [2.05, 4.69) is 59.3 Å². The van der Waals surface area contributed by atoms with Crippen LogP contribution in [0.15, 0.2) is 16.8 Å². The molecule has 0 spiro atoms. The Morgan fingerprint density at radius 1 is 1.05 bits per heavy atom. The molecule has 15 heteroatoms. The molecule has 2 fully saturated rings. The van der Waals surface area contributed by atoms with Crippen LogP contribution in [0.2, 0.25) is 11.6 Å². The van der Waals surface area contributed by atoms with E-state index in [1.807, 2.05) is 0 Å². The molecular weight excluding hydrogens is 765 g/mol. The highest BCUT2D eigenvalue weighted by molar-refractivity contribution is 6.60. The van der Waals surface area contributed by atoms with Gasteiger partial charge < -0.3 is 48.7 Å². The molecule has 3 aliphatic rings. The van der Waals surface area contributed by atoms with Crippen molar-refractivity contribution in [2.24, 2.45) is 28.8 Å². The van der Waals surface area contributed by atoms with Crippen LogP contribution in [-0.2, 0) is 42.9 Å². The third-order valence-corrected chi connectivity index (χ3v) is 16.5. The topological polar surface area (TPSA) is 183 Å². The van der Waals surface area contributed by atoms with Crippen LogP contribution in [0.5, 0.6) is 0 Å². The van der Waals surface area contributed by atoms with E-state index in [1.54, 1.807) is 35.0 Å². The van der Waals surface area contributed by atoms with Gasteiger partial charge in [-0.1, -0.05) is 71.8 Å². The molecule has 334 valence electrons. The number of nitrogens with zero attached hydrogens (tertiary/aromatic N) is 2. The number of methoxy groups -OCH3 is 2. The molecule has 14 nitrogen and oxygen atoms in total. The molecule has 13 atom stereocenters. The van der Waals surface area contributed by atoms with E-state index in [-0.39, 0.29) is 67.7 Å². The van der Waals surface area contributed by atoms with Crippen molar-refractivity contribution in [3.8, 4) is 0 Å². The van der Waals surface area contributed by atoms with Crippen LogP contribution in [0.1, 0.15) is 114 Å². The molecule has 2 saturated heterocycles. The molecular formula is C43H76N2O12Si. The predicted octanol–water partition coefficient (Wildman–Crippen LogP) is 4.75. The number of ketones is 1. The number of allylic oxidation sites excluding steroid dienone is 1. The minimum atomic E-state index is -2.50. The van der Waals surface area contributed by atoms with Crippen LogP contribution in [0.4, 0.5) is 0 Å². The van der Waals surface area contributed by atoms with Gasteiger partial charge in [0.25, 0.3) is 11.7 Å². The predicted molar refractivity (Wildman–Crippen MR) is 224 cm³/mol. The highest BCUT2D eigenvalue weighted by atomic mass is 28.3. The average Bonchev–Trinajstić information content (AvgIpc) is 3.18. The average molecular weight is 841 g/mol. The molecule has 0 aromatic carbocycles. The molecule has 0 radical (unpaired) electrons. The standard InChI is InChI=1S/C43H76N2O12Si/c1-13-31-21-26(2)20-27(3)22-35(52-10)38-36(53-11)23-28(4)43(51,57-38)39(48)40(49)45-17-15-14-16-32(45)41(50)56-37(30(6)44-55-19-18-46)29(5)33(47)24-34(31)54-25-58(12)42(7,8)9/h21,27-29,31-38,46-47,51,58H,13-20,22-25H2,1-12H3/b26-21+,44-30+/t27-,28+,29+,31+,32-,33-,34+,35-,36-,37-,38+,43+,58?/m0/s1. The Morgan fingerprint density at radius 2 is 1.71 bits per heavy atom. The number of hydrogen-bond donors (Lipinski definition) is 3. The first-order valence-corrected chi connectivity index (χ1v) is 24.0. The first-order valence-electron chi connectivity index (χ1n) is 21.5. The van der Waals surface area contributed by atoms with Crippen LogP contribution in [0.3, 0.4) is 0 Å². The lowest BCUT2D eigenvalue weighted by Gasteiger charge is -2.47. The molecule has 0 aromatic heterocycles. The molecule has 3 rings (SSSR count). The van der Waals surface area contributed by atoms with Crippen molar-refractivity contribution >= 4 is 32.2 Å². The highest BCUT2D eigenvalue weighted by Crippen LogP contribution is 2.39. The smallest absolute Gasteiger partial charge is 0.329 e. The van der Waals surface area contributed by atoms with Crippen LogP contribution >= 0.6 is 0 Å². The molecule has 0 saturated carbocycles.